The zero-order valence-corrected chi connectivity index (χ0v) is 10.9. The van der Waals surface area contributed by atoms with Crippen molar-refractivity contribution in [1.82, 2.24) is 0 Å². The number of benzene rings is 1. The van der Waals surface area contributed by atoms with Crippen molar-refractivity contribution in [3.8, 4) is 0 Å². The maximum Gasteiger partial charge on any atom is 0.275 e. The van der Waals surface area contributed by atoms with Crippen LogP contribution in [0.2, 0.25) is 0 Å². The molecular weight excluding hydrogens is 248 g/mol. The fraction of sp³-hybridized carbons (Fsp3) is 0.538. The zero-order valence-electron chi connectivity index (χ0n) is 10.9. The van der Waals surface area contributed by atoms with Gasteiger partial charge in [-0.3, -0.25) is 10.1 Å². The first-order chi connectivity index (χ1) is 9.17. The molecule has 1 aromatic carbocycles. The Morgan fingerprint density at radius 1 is 1.58 bits per heavy atom. The Morgan fingerprint density at radius 3 is 3.00 bits per heavy atom. The van der Waals surface area contributed by atoms with Gasteiger partial charge in [0.15, 0.2) is 0 Å². The average Bonchev–Trinajstić information content (AvgIpc) is 2.46. The van der Waals surface area contributed by atoms with Gasteiger partial charge < -0.3 is 14.7 Å². The highest BCUT2D eigenvalue weighted by Gasteiger charge is 2.23. The summed E-state index contributed by atoms with van der Waals surface area (Å²) < 4.78 is 5.44. The number of nitrogens with zero attached hydrogens (tertiary/aromatic N) is 2. The van der Waals surface area contributed by atoms with E-state index in [0.717, 1.165) is 18.7 Å². The highest BCUT2D eigenvalue weighted by atomic mass is 16.6. The van der Waals surface area contributed by atoms with E-state index < -0.39 is 4.92 Å². The molecule has 1 saturated heterocycles. The van der Waals surface area contributed by atoms with Crippen molar-refractivity contribution in [1.29, 1.82) is 0 Å². The predicted molar refractivity (Wildman–Crippen MR) is 71.3 cm³/mol. The fourth-order valence-corrected chi connectivity index (χ4v) is 2.39. The Kier molecular flexibility index (Phi) is 4.34. The minimum Gasteiger partial charge on any atom is -0.391 e. The van der Waals surface area contributed by atoms with Crippen molar-refractivity contribution < 1.29 is 14.8 Å². The molecule has 2 rings (SSSR count). The van der Waals surface area contributed by atoms with Crippen LogP contribution in [0.4, 0.5) is 11.4 Å². The molecule has 1 aromatic rings. The number of aliphatic hydroxyl groups is 1. The lowest BCUT2D eigenvalue weighted by Crippen LogP contribution is -2.45. The van der Waals surface area contributed by atoms with Crippen LogP contribution in [0.1, 0.15) is 18.9 Å². The van der Waals surface area contributed by atoms with Crippen molar-refractivity contribution in [2.75, 3.05) is 24.7 Å². The lowest BCUT2D eigenvalue weighted by molar-refractivity contribution is -0.385. The summed E-state index contributed by atoms with van der Waals surface area (Å²) in [5.74, 6) is 0. The Bertz CT molecular complexity index is 464. The summed E-state index contributed by atoms with van der Waals surface area (Å²) in [4.78, 5) is 12.6. The van der Waals surface area contributed by atoms with Crippen LogP contribution in [0.25, 0.3) is 0 Å². The first kappa shape index (κ1) is 13.8. The largest absolute Gasteiger partial charge is 0.391 e. The first-order valence-electron chi connectivity index (χ1n) is 6.40. The van der Waals surface area contributed by atoms with Crippen molar-refractivity contribution >= 4 is 11.4 Å². The molecule has 1 aliphatic heterocycles. The van der Waals surface area contributed by atoms with Gasteiger partial charge in [0.05, 0.1) is 36.3 Å². The van der Waals surface area contributed by atoms with Gasteiger partial charge in [-0.15, -0.1) is 0 Å². The SMILES string of the molecule is CCC1COCCN1c1ccc([N+](=O)[O-])c(CO)c1. The molecule has 19 heavy (non-hydrogen) atoms. The van der Waals surface area contributed by atoms with Gasteiger partial charge in [0.1, 0.15) is 0 Å². The number of nitro groups is 1. The lowest BCUT2D eigenvalue weighted by atomic mass is 10.1. The highest BCUT2D eigenvalue weighted by Crippen LogP contribution is 2.27. The number of rotatable bonds is 4. The number of anilines is 1. The summed E-state index contributed by atoms with van der Waals surface area (Å²) in [5.41, 5.74) is 1.22. The Labute approximate surface area is 111 Å². The summed E-state index contributed by atoms with van der Waals surface area (Å²) in [7, 11) is 0. The van der Waals surface area contributed by atoms with E-state index in [4.69, 9.17) is 4.74 Å². The van der Waals surface area contributed by atoms with Crippen LogP contribution in [0.15, 0.2) is 18.2 Å². The summed E-state index contributed by atoms with van der Waals surface area (Å²) in [6, 6.07) is 5.18. The molecule has 0 aliphatic carbocycles. The molecule has 0 amide bonds. The second-order valence-electron chi connectivity index (χ2n) is 4.56. The molecule has 1 aliphatic rings. The van der Waals surface area contributed by atoms with E-state index in [9.17, 15) is 15.2 Å². The number of hydrogen-bond donors (Lipinski definition) is 1. The molecule has 1 heterocycles. The standard InChI is InChI=1S/C13H18N2O4/c1-2-11-9-19-6-5-14(11)12-3-4-13(15(17)18)10(7-12)8-16/h3-4,7,11,16H,2,5-6,8-9H2,1H3. The number of morpholine rings is 1. The van der Waals surface area contributed by atoms with Gasteiger partial charge in [-0.1, -0.05) is 6.92 Å². The van der Waals surface area contributed by atoms with E-state index in [2.05, 4.69) is 11.8 Å². The van der Waals surface area contributed by atoms with Gasteiger partial charge in [0, 0.05) is 18.3 Å². The molecule has 0 radical (unpaired) electrons. The van der Waals surface area contributed by atoms with Gasteiger partial charge in [-0.25, -0.2) is 0 Å². The molecule has 0 spiro atoms. The topological polar surface area (TPSA) is 75.8 Å². The number of nitro benzene ring substituents is 1. The van der Waals surface area contributed by atoms with E-state index in [0.29, 0.717) is 18.8 Å². The second kappa shape index (κ2) is 5.99. The molecule has 1 fully saturated rings. The van der Waals surface area contributed by atoms with Crippen LogP contribution in [0, 0.1) is 10.1 Å². The van der Waals surface area contributed by atoms with E-state index in [1.54, 1.807) is 12.1 Å². The molecular formula is C13H18N2O4. The third-order valence-corrected chi connectivity index (χ3v) is 3.46. The molecule has 0 saturated carbocycles. The van der Waals surface area contributed by atoms with E-state index in [1.165, 1.54) is 6.07 Å². The van der Waals surface area contributed by atoms with Crippen LogP contribution in [-0.4, -0.2) is 35.8 Å². The minimum atomic E-state index is -0.466. The normalized spacial score (nSPS) is 19.5. The molecule has 6 nitrogen and oxygen atoms in total. The number of hydrogen-bond acceptors (Lipinski definition) is 5. The Balaban J connectivity index is 2.31. The van der Waals surface area contributed by atoms with Gasteiger partial charge in [-0.05, 0) is 18.6 Å². The van der Waals surface area contributed by atoms with Crippen molar-refractivity contribution in [3.63, 3.8) is 0 Å². The minimum absolute atomic E-state index is 0.0347. The zero-order chi connectivity index (χ0) is 13.8. The molecule has 0 aromatic heterocycles. The first-order valence-corrected chi connectivity index (χ1v) is 6.40. The lowest BCUT2D eigenvalue weighted by Gasteiger charge is -2.37. The predicted octanol–water partition coefficient (Wildman–Crippen LogP) is 1.70. The Morgan fingerprint density at radius 2 is 2.37 bits per heavy atom. The maximum atomic E-state index is 10.8. The van der Waals surface area contributed by atoms with Crippen molar-refractivity contribution in [3.05, 3.63) is 33.9 Å². The summed E-state index contributed by atoms with van der Waals surface area (Å²) in [5, 5.41) is 20.1. The third-order valence-electron chi connectivity index (χ3n) is 3.46. The Hall–Kier alpha value is -1.66. The number of aliphatic hydroxyl groups excluding tert-OH is 1. The van der Waals surface area contributed by atoms with E-state index >= 15 is 0 Å². The van der Waals surface area contributed by atoms with Crippen LogP contribution < -0.4 is 4.90 Å². The van der Waals surface area contributed by atoms with Gasteiger partial charge in [0.25, 0.3) is 5.69 Å². The monoisotopic (exact) mass is 266 g/mol. The van der Waals surface area contributed by atoms with Crippen LogP contribution in [0.3, 0.4) is 0 Å². The molecule has 1 unspecified atom stereocenters. The van der Waals surface area contributed by atoms with E-state index in [-0.39, 0.29) is 18.3 Å². The van der Waals surface area contributed by atoms with Crippen molar-refractivity contribution in [2.45, 2.75) is 26.0 Å². The van der Waals surface area contributed by atoms with Gasteiger partial charge in [-0.2, -0.15) is 0 Å². The van der Waals surface area contributed by atoms with Crippen LogP contribution in [-0.2, 0) is 11.3 Å². The highest BCUT2D eigenvalue weighted by molar-refractivity contribution is 5.56. The smallest absolute Gasteiger partial charge is 0.275 e. The second-order valence-corrected chi connectivity index (χ2v) is 4.56. The van der Waals surface area contributed by atoms with Crippen molar-refractivity contribution in [2.24, 2.45) is 0 Å². The molecule has 104 valence electrons. The average molecular weight is 266 g/mol. The third kappa shape index (κ3) is 2.85. The van der Waals surface area contributed by atoms with Gasteiger partial charge >= 0.3 is 0 Å². The summed E-state index contributed by atoms with van der Waals surface area (Å²) in [6.45, 7) is 3.85. The van der Waals surface area contributed by atoms with Crippen LogP contribution >= 0.6 is 0 Å². The molecule has 1 atom stereocenters. The van der Waals surface area contributed by atoms with Gasteiger partial charge in [0.2, 0.25) is 0 Å². The van der Waals surface area contributed by atoms with E-state index in [1.807, 2.05) is 0 Å². The summed E-state index contributed by atoms with van der Waals surface area (Å²) in [6.07, 6.45) is 0.950. The maximum absolute atomic E-state index is 10.8. The molecule has 6 heteroatoms. The number of ether oxygens (including phenoxy) is 1. The molecule has 1 N–H and O–H groups in total. The summed E-state index contributed by atoms with van der Waals surface area (Å²) >= 11 is 0. The fourth-order valence-electron chi connectivity index (χ4n) is 2.39. The molecule has 0 bridgehead atoms. The quantitative estimate of drug-likeness (QED) is 0.663. The van der Waals surface area contributed by atoms with Crippen LogP contribution in [0.5, 0.6) is 0 Å².